The van der Waals surface area contributed by atoms with Crippen LogP contribution in [0.1, 0.15) is 29.5 Å². The number of hydrogen-bond donors (Lipinski definition) is 2. The van der Waals surface area contributed by atoms with Crippen LogP contribution in [0.3, 0.4) is 0 Å². The Labute approximate surface area is 158 Å². The van der Waals surface area contributed by atoms with Gasteiger partial charge in [0.15, 0.2) is 0 Å². The van der Waals surface area contributed by atoms with Crippen molar-refractivity contribution >= 4 is 29.1 Å². The summed E-state index contributed by atoms with van der Waals surface area (Å²) in [5.41, 5.74) is 3.09. The molecule has 1 fully saturated rings. The Morgan fingerprint density at radius 1 is 1.04 bits per heavy atom. The highest BCUT2D eigenvalue weighted by Gasteiger charge is 2.56. The van der Waals surface area contributed by atoms with Crippen LogP contribution in [0, 0.1) is 19.3 Å². The lowest BCUT2D eigenvalue weighted by molar-refractivity contribution is -0.134. The molecule has 0 saturated heterocycles. The third kappa shape index (κ3) is 3.91. The second-order valence-corrected chi connectivity index (χ2v) is 7.35. The van der Waals surface area contributed by atoms with Gasteiger partial charge in [-0.2, -0.15) is 0 Å². The Hall–Kier alpha value is -2.33. The molecule has 0 unspecified atom stereocenters. The van der Waals surface area contributed by atoms with Gasteiger partial charge in [0.2, 0.25) is 11.8 Å². The Bertz CT molecular complexity index is 826. The van der Waals surface area contributed by atoms with E-state index in [4.69, 9.17) is 11.6 Å². The molecule has 2 aromatic rings. The van der Waals surface area contributed by atoms with Gasteiger partial charge < -0.3 is 10.6 Å². The number of halogens is 1. The van der Waals surface area contributed by atoms with E-state index in [0.717, 1.165) is 22.4 Å². The molecular weight excluding hydrogens is 348 g/mol. The highest BCUT2D eigenvalue weighted by Crippen LogP contribution is 2.47. The van der Waals surface area contributed by atoms with E-state index in [1.165, 1.54) is 0 Å². The predicted octanol–water partition coefficient (Wildman–Crippen LogP) is 4.03. The summed E-state index contributed by atoms with van der Waals surface area (Å²) in [7, 11) is 0. The van der Waals surface area contributed by atoms with Crippen molar-refractivity contribution in [2.75, 3.05) is 11.9 Å². The lowest BCUT2D eigenvalue weighted by Crippen LogP contribution is -2.40. The minimum Gasteiger partial charge on any atom is -0.355 e. The highest BCUT2D eigenvalue weighted by atomic mass is 35.5. The smallest absolute Gasteiger partial charge is 0.240 e. The number of carbonyl (C=O) groups excluding carboxylic acids is 2. The van der Waals surface area contributed by atoms with Crippen LogP contribution in [0.25, 0.3) is 0 Å². The van der Waals surface area contributed by atoms with E-state index in [1.807, 2.05) is 56.3 Å². The van der Waals surface area contributed by atoms with Gasteiger partial charge in [-0.1, -0.05) is 35.9 Å². The summed E-state index contributed by atoms with van der Waals surface area (Å²) in [6.45, 7) is 4.47. The Kier molecular flexibility index (Phi) is 5.33. The van der Waals surface area contributed by atoms with Gasteiger partial charge in [0, 0.05) is 17.3 Å². The van der Waals surface area contributed by atoms with Crippen LogP contribution in [0.5, 0.6) is 0 Å². The normalized spacial score (nSPS) is 14.6. The van der Waals surface area contributed by atoms with Gasteiger partial charge in [-0.3, -0.25) is 9.59 Å². The summed E-state index contributed by atoms with van der Waals surface area (Å²) in [6.07, 6.45) is 1.89. The van der Waals surface area contributed by atoms with Gasteiger partial charge in [0.25, 0.3) is 0 Å². The number of nitrogens with one attached hydrogen (secondary N) is 2. The third-order valence-corrected chi connectivity index (χ3v) is 5.34. The molecule has 0 atom stereocenters. The van der Waals surface area contributed by atoms with Crippen LogP contribution in [-0.4, -0.2) is 18.4 Å². The van der Waals surface area contributed by atoms with E-state index >= 15 is 0 Å². The average Bonchev–Trinajstić information content (AvgIpc) is 3.42. The van der Waals surface area contributed by atoms with Gasteiger partial charge in [-0.15, -0.1) is 0 Å². The Balaban J connectivity index is 1.57. The van der Waals surface area contributed by atoms with Gasteiger partial charge in [0.05, 0.1) is 0 Å². The fourth-order valence-electron chi connectivity index (χ4n) is 2.95. The van der Waals surface area contributed by atoms with E-state index in [1.54, 1.807) is 0 Å². The van der Waals surface area contributed by atoms with Crippen LogP contribution in [-0.2, 0) is 16.0 Å². The largest absolute Gasteiger partial charge is 0.355 e. The first-order chi connectivity index (χ1) is 12.4. The fourth-order valence-corrected chi connectivity index (χ4v) is 3.08. The van der Waals surface area contributed by atoms with E-state index in [-0.39, 0.29) is 11.8 Å². The van der Waals surface area contributed by atoms with E-state index < -0.39 is 5.41 Å². The standard InChI is InChI=1S/C21H23ClN2O2/c1-14-4-3-5-18(15(14)2)24-20(26)21(11-12-21)19(25)23-13-10-16-6-8-17(22)9-7-16/h3-9H,10-13H2,1-2H3,(H,23,25)(H,24,26). The molecule has 0 aromatic heterocycles. The first kappa shape index (κ1) is 18.5. The molecule has 136 valence electrons. The molecule has 1 aliphatic rings. The second-order valence-electron chi connectivity index (χ2n) is 6.92. The van der Waals surface area contributed by atoms with E-state index in [0.29, 0.717) is 30.8 Å². The molecule has 2 aromatic carbocycles. The first-order valence-electron chi connectivity index (χ1n) is 8.83. The van der Waals surface area contributed by atoms with Gasteiger partial charge >= 0.3 is 0 Å². The van der Waals surface area contributed by atoms with Crippen LogP contribution >= 0.6 is 11.6 Å². The van der Waals surface area contributed by atoms with E-state index in [9.17, 15) is 9.59 Å². The van der Waals surface area contributed by atoms with Crippen molar-refractivity contribution in [3.8, 4) is 0 Å². The Morgan fingerprint density at radius 3 is 2.38 bits per heavy atom. The maximum absolute atomic E-state index is 12.7. The first-order valence-corrected chi connectivity index (χ1v) is 9.20. The third-order valence-electron chi connectivity index (χ3n) is 5.08. The van der Waals surface area contributed by atoms with Crippen LogP contribution in [0.2, 0.25) is 5.02 Å². The number of anilines is 1. The molecule has 0 bridgehead atoms. The monoisotopic (exact) mass is 370 g/mol. The molecule has 26 heavy (non-hydrogen) atoms. The van der Waals surface area contributed by atoms with Gasteiger partial charge in [0.1, 0.15) is 5.41 Å². The van der Waals surface area contributed by atoms with Crippen molar-refractivity contribution in [2.45, 2.75) is 33.1 Å². The number of benzene rings is 2. The van der Waals surface area contributed by atoms with Crippen LogP contribution in [0.4, 0.5) is 5.69 Å². The minimum absolute atomic E-state index is 0.186. The van der Waals surface area contributed by atoms with Gasteiger partial charge in [-0.25, -0.2) is 0 Å². The molecular formula is C21H23ClN2O2. The molecule has 5 heteroatoms. The molecule has 4 nitrogen and oxygen atoms in total. The average molecular weight is 371 g/mol. The fraction of sp³-hybridized carbons (Fsp3) is 0.333. The lowest BCUT2D eigenvalue weighted by atomic mass is 10.0. The summed E-state index contributed by atoms with van der Waals surface area (Å²) in [5, 5.41) is 6.54. The summed E-state index contributed by atoms with van der Waals surface area (Å²) in [4.78, 5) is 25.2. The quantitative estimate of drug-likeness (QED) is 0.754. The number of rotatable bonds is 6. The number of amides is 2. The van der Waals surface area contributed by atoms with Crippen molar-refractivity contribution in [1.82, 2.24) is 5.32 Å². The molecule has 3 rings (SSSR count). The minimum atomic E-state index is -0.920. The molecule has 0 heterocycles. The maximum atomic E-state index is 12.7. The molecule has 2 N–H and O–H groups in total. The van der Waals surface area contributed by atoms with Crippen molar-refractivity contribution in [3.63, 3.8) is 0 Å². The maximum Gasteiger partial charge on any atom is 0.240 e. The zero-order valence-electron chi connectivity index (χ0n) is 15.1. The predicted molar refractivity (Wildman–Crippen MR) is 104 cm³/mol. The molecule has 1 aliphatic carbocycles. The second kappa shape index (κ2) is 7.50. The molecule has 0 spiro atoms. The summed E-state index contributed by atoms with van der Waals surface area (Å²) in [5.74, 6) is -0.399. The lowest BCUT2D eigenvalue weighted by Gasteiger charge is -2.17. The van der Waals surface area contributed by atoms with Crippen molar-refractivity contribution in [2.24, 2.45) is 5.41 Å². The number of carbonyl (C=O) groups is 2. The van der Waals surface area contributed by atoms with Crippen molar-refractivity contribution in [1.29, 1.82) is 0 Å². The molecule has 0 radical (unpaired) electrons. The Morgan fingerprint density at radius 2 is 1.73 bits per heavy atom. The summed E-state index contributed by atoms with van der Waals surface area (Å²) >= 11 is 5.87. The highest BCUT2D eigenvalue weighted by molar-refractivity contribution is 6.30. The zero-order valence-corrected chi connectivity index (χ0v) is 15.8. The molecule has 0 aliphatic heterocycles. The van der Waals surface area contributed by atoms with Crippen LogP contribution in [0.15, 0.2) is 42.5 Å². The summed E-state index contributed by atoms with van der Waals surface area (Å²) < 4.78 is 0. The molecule has 1 saturated carbocycles. The van der Waals surface area contributed by atoms with Gasteiger partial charge in [-0.05, 0) is 68.0 Å². The van der Waals surface area contributed by atoms with Crippen molar-refractivity contribution < 1.29 is 9.59 Å². The molecule has 2 amide bonds. The number of hydrogen-bond acceptors (Lipinski definition) is 2. The van der Waals surface area contributed by atoms with E-state index in [2.05, 4.69) is 10.6 Å². The number of aryl methyl sites for hydroxylation is 1. The van der Waals surface area contributed by atoms with Crippen molar-refractivity contribution in [3.05, 3.63) is 64.2 Å². The summed E-state index contributed by atoms with van der Waals surface area (Å²) in [6, 6.07) is 13.3. The SMILES string of the molecule is Cc1cccc(NC(=O)C2(C(=O)NCCc3ccc(Cl)cc3)CC2)c1C. The topological polar surface area (TPSA) is 58.2 Å². The van der Waals surface area contributed by atoms with Crippen LogP contribution < -0.4 is 10.6 Å². The zero-order chi connectivity index (χ0) is 18.7.